The maximum Gasteiger partial charge on any atom is 0.305 e. The minimum atomic E-state index is -1.20. The lowest BCUT2D eigenvalue weighted by Crippen LogP contribution is -2.57. The average Bonchev–Trinajstić information content (AvgIpc) is 2.26. The summed E-state index contributed by atoms with van der Waals surface area (Å²) in [5.74, 6) is -1.63. The first-order chi connectivity index (χ1) is 8.95. The Morgan fingerprint density at radius 1 is 1.35 bits per heavy atom. The Hall–Kier alpha value is -2.02. The molecule has 2 N–H and O–H groups in total. The lowest BCUT2D eigenvalue weighted by molar-refractivity contribution is -0.387. The Bertz CT molecular complexity index is 550. The highest BCUT2D eigenvalue weighted by Crippen LogP contribution is 2.23. The van der Waals surface area contributed by atoms with Crippen molar-refractivity contribution in [3.05, 3.63) is 39.7 Å². The molecule has 0 saturated carbocycles. The summed E-state index contributed by atoms with van der Waals surface area (Å²) in [6.07, 6.45) is 0. The van der Waals surface area contributed by atoms with Gasteiger partial charge in [0, 0.05) is 11.6 Å². The van der Waals surface area contributed by atoms with Gasteiger partial charge in [0.2, 0.25) is 5.82 Å². The Balaban J connectivity index is 3.06. The standard InChI is InChI=1S/C13H17FN2O4/c1-12(2,13(3,4)18)15-11(17)8-5-6-9(14)10(7-8)16(19)20/h5-7,18H,1-4H3,(H,15,17). The second-order valence-electron chi connectivity index (χ2n) is 5.56. The van der Waals surface area contributed by atoms with E-state index >= 15 is 0 Å². The molecule has 0 radical (unpaired) electrons. The Kier molecular flexibility index (Phi) is 4.14. The molecule has 0 heterocycles. The molecule has 0 aliphatic rings. The number of nitrogens with zero attached hydrogens (tertiary/aromatic N) is 1. The summed E-state index contributed by atoms with van der Waals surface area (Å²) < 4.78 is 13.2. The summed E-state index contributed by atoms with van der Waals surface area (Å²) in [6.45, 7) is 6.28. The molecular weight excluding hydrogens is 267 g/mol. The number of carbonyl (C=O) groups is 1. The molecule has 0 aromatic heterocycles. The van der Waals surface area contributed by atoms with E-state index in [1.165, 1.54) is 13.8 Å². The number of carbonyl (C=O) groups excluding carboxylic acids is 1. The van der Waals surface area contributed by atoms with Crippen molar-refractivity contribution in [1.82, 2.24) is 5.32 Å². The smallest absolute Gasteiger partial charge is 0.305 e. The molecule has 0 saturated heterocycles. The van der Waals surface area contributed by atoms with Crippen LogP contribution in [0.3, 0.4) is 0 Å². The molecule has 1 aromatic carbocycles. The van der Waals surface area contributed by atoms with Crippen LogP contribution >= 0.6 is 0 Å². The molecule has 7 heteroatoms. The van der Waals surface area contributed by atoms with E-state index in [1.54, 1.807) is 13.8 Å². The van der Waals surface area contributed by atoms with Crippen LogP contribution in [0.4, 0.5) is 10.1 Å². The summed E-state index contributed by atoms with van der Waals surface area (Å²) in [6, 6.07) is 2.88. The van der Waals surface area contributed by atoms with Gasteiger partial charge in [0.05, 0.1) is 16.1 Å². The molecule has 1 aromatic rings. The summed E-state index contributed by atoms with van der Waals surface area (Å²) in [5, 5.41) is 23.1. The monoisotopic (exact) mass is 284 g/mol. The van der Waals surface area contributed by atoms with E-state index < -0.39 is 33.5 Å². The number of aliphatic hydroxyl groups is 1. The molecule has 0 aliphatic carbocycles. The lowest BCUT2D eigenvalue weighted by atomic mass is 9.85. The summed E-state index contributed by atoms with van der Waals surface area (Å²) in [5.41, 5.74) is -2.98. The van der Waals surface area contributed by atoms with Crippen molar-refractivity contribution < 1.29 is 19.2 Å². The average molecular weight is 284 g/mol. The van der Waals surface area contributed by atoms with Crippen molar-refractivity contribution >= 4 is 11.6 Å². The van der Waals surface area contributed by atoms with Crippen molar-refractivity contribution in [3.63, 3.8) is 0 Å². The maximum absolute atomic E-state index is 13.2. The number of hydrogen-bond donors (Lipinski definition) is 2. The lowest BCUT2D eigenvalue weighted by Gasteiger charge is -2.37. The molecule has 0 atom stereocenters. The van der Waals surface area contributed by atoms with E-state index in [4.69, 9.17) is 0 Å². The third-order valence-electron chi connectivity index (χ3n) is 3.36. The Morgan fingerprint density at radius 2 is 1.90 bits per heavy atom. The normalized spacial score (nSPS) is 12.1. The number of hydrogen-bond acceptors (Lipinski definition) is 4. The van der Waals surface area contributed by atoms with Crippen LogP contribution in [0.25, 0.3) is 0 Å². The second kappa shape index (κ2) is 5.16. The van der Waals surface area contributed by atoms with Crippen LogP contribution in [0, 0.1) is 15.9 Å². The maximum atomic E-state index is 13.2. The number of nitro groups is 1. The first kappa shape index (κ1) is 16.0. The second-order valence-corrected chi connectivity index (χ2v) is 5.56. The van der Waals surface area contributed by atoms with Gasteiger partial charge in [-0.1, -0.05) is 0 Å². The fourth-order valence-electron chi connectivity index (χ4n) is 1.30. The molecule has 1 amide bonds. The highest BCUT2D eigenvalue weighted by Gasteiger charge is 2.36. The number of halogens is 1. The van der Waals surface area contributed by atoms with Crippen LogP contribution in [-0.4, -0.2) is 27.1 Å². The fourth-order valence-corrected chi connectivity index (χ4v) is 1.30. The zero-order valence-electron chi connectivity index (χ0n) is 11.7. The minimum Gasteiger partial charge on any atom is -0.388 e. The van der Waals surface area contributed by atoms with Gasteiger partial charge in [-0.25, -0.2) is 0 Å². The zero-order valence-corrected chi connectivity index (χ0v) is 11.7. The Labute approximate surface area is 115 Å². The van der Waals surface area contributed by atoms with Gasteiger partial charge >= 0.3 is 5.69 Å². The predicted octanol–water partition coefficient (Wildman–Crippen LogP) is 2.01. The van der Waals surface area contributed by atoms with Gasteiger partial charge in [0.25, 0.3) is 5.91 Å². The van der Waals surface area contributed by atoms with Crippen LogP contribution in [0.5, 0.6) is 0 Å². The van der Waals surface area contributed by atoms with Crippen LogP contribution in [-0.2, 0) is 0 Å². The van der Waals surface area contributed by atoms with Gasteiger partial charge in [-0.2, -0.15) is 4.39 Å². The molecule has 0 unspecified atom stereocenters. The summed E-state index contributed by atoms with van der Waals surface area (Å²) in [4.78, 5) is 21.8. The number of nitrogens with one attached hydrogen (secondary N) is 1. The van der Waals surface area contributed by atoms with Gasteiger partial charge < -0.3 is 10.4 Å². The topological polar surface area (TPSA) is 92.5 Å². The number of benzene rings is 1. The van der Waals surface area contributed by atoms with Crippen molar-refractivity contribution in [2.24, 2.45) is 0 Å². The fraction of sp³-hybridized carbons (Fsp3) is 0.462. The van der Waals surface area contributed by atoms with Gasteiger partial charge in [0.1, 0.15) is 0 Å². The first-order valence-corrected chi connectivity index (χ1v) is 5.94. The van der Waals surface area contributed by atoms with Gasteiger partial charge in [-0.05, 0) is 39.8 Å². The van der Waals surface area contributed by atoms with Gasteiger partial charge in [-0.3, -0.25) is 14.9 Å². The number of nitro benzene ring substituents is 1. The van der Waals surface area contributed by atoms with E-state index in [2.05, 4.69) is 5.32 Å². The van der Waals surface area contributed by atoms with E-state index in [0.717, 1.165) is 18.2 Å². The number of amides is 1. The van der Waals surface area contributed by atoms with Crippen molar-refractivity contribution in [3.8, 4) is 0 Å². The van der Waals surface area contributed by atoms with E-state index in [9.17, 15) is 24.4 Å². The van der Waals surface area contributed by atoms with Crippen molar-refractivity contribution in [2.75, 3.05) is 0 Å². The van der Waals surface area contributed by atoms with Gasteiger partial charge in [0.15, 0.2) is 0 Å². The Morgan fingerprint density at radius 3 is 2.35 bits per heavy atom. The van der Waals surface area contributed by atoms with Crippen LogP contribution in [0.1, 0.15) is 38.1 Å². The molecule has 110 valence electrons. The largest absolute Gasteiger partial charge is 0.388 e. The zero-order chi connectivity index (χ0) is 15.7. The minimum absolute atomic E-state index is 0.0459. The molecule has 0 aliphatic heterocycles. The van der Waals surface area contributed by atoms with Crippen LogP contribution < -0.4 is 5.32 Å². The van der Waals surface area contributed by atoms with Gasteiger partial charge in [-0.15, -0.1) is 0 Å². The van der Waals surface area contributed by atoms with Crippen LogP contribution in [0.2, 0.25) is 0 Å². The first-order valence-electron chi connectivity index (χ1n) is 5.94. The predicted molar refractivity (Wildman–Crippen MR) is 70.9 cm³/mol. The molecule has 0 spiro atoms. The molecule has 6 nitrogen and oxygen atoms in total. The molecule has 1 rings (SSSR count). The quantitative estimate of drug-likeness (QED) is 0.653. The highest BCUT2D eigenvalue weighted by molar-refractivity contribution is 5.95. The highest BCUT2D eigenvalue weighted by atomic mass is 19.1. The van der Waals surface area contributed by atoms with E-state index in [0.29, 0.717) is 0 Å². The van der Waals surface area contributed by atoms with E-state index in [-0.39, 0.29) is 5.56 Å². The molecule has 20 heavy (non-hydrogen) atoms. The SMILES string of the molecule is CC(C)(O)C(C)(C)NC(=O)c1ccc(F)c([N+](=O)[O-])c1. The summed E-state index contributed by atoms with van der Waals surface area (Å²) >= 11 is 0. The van der Waals surface area contributed by atoms with Crippen LogP contribution in [0.15, 0.2) is 18.2 Å². The number of rotatable bonds is 4. The molecule has 0 fully saturated rings. The van der Waals surface area contributed by atoms with Crippen molar-refractivity contribution in [1.29, 1.82) is 0 Å². The van der Waals surface area contributed by atoms with E-state index in [1.807, 2.05) is 0 Å². The van der Waals surface area contributed by atoms with Crippen molar-refractivity contribution in [2.45, 2.75) is 38.8 Å². The summed E-state index contributed by atoms with van der Waals surface area (Å²) in [7, 11) is 0. The third kappa shape index (κ3) is 3.30. The third-order valence-corrected chi connectivity index (χ3v) is 3.36. The molecule has 0 bridgehead atoms. The molecular formula is C13H17FN2O4.